The van der Waals surface area contributed by atoms with E-state index >= 15 is 0 Å². The smallest absolute Gasteiger partial charge is 0.325 e. The maximum atomic E-state index is 13.2. The van der Waals surface area contributed by atoms with E-state index in [9.17, 15) is 13.6 Å². The molecule has 14 heavy (non-hydrogen) atoms. The van der Waals surface area contributed by atoms with E-state index in [2.05, 4.69) is 15.9 Å². The van der Waals surface area contributed by atoms with Gasteiger partial charge in [0.25, 0.3) is 0 Å². The molecular formula is C8H6BrF2NO2. The normalized spacial score (nSPS) is 12.6. The van der Waals surface area contributed by atoms with Crippen LogP contribution in [-0.2, 0) is 4.79 Å². The molecule has 1 unspecified atom stereocenters. The SMILES string of the molecule is NC(C(=O)O)c1ccc(F)c(Br)c1F. The van der Waals surface area contributed by atoms with E-state index < -0.39 is 28.1 Å². The monoisotopic (exact) mass is 265 g/mol. The van der Waals surface area contributed by atoms with Crippen molar-refractivity contribution in [3.8, 4) is 0 Å². The van der Waals surface area contributed by atoms with Crippen LogP contribution in [0.25, 0.3) is 0 Å². The minimum atomic E-state index is -1.49. The molecule has 0 saturated carbocycles. The molecule has 1 aromatic carbocycles. The van der Waals surface area contributed by atoms with Gasteiger partial charge < -0.3 is 10.8 Å². The van der Waals surface area contributed by atoms with Gasteiger partial charge in [-0.2, -0.15) is 0 Å². The van der Waals surface area contributed by atoms with Crippen molar-refractivity contribution in [2.75, 3.05) is 0 Å². The summed E-state index contributed by atoms with van der Waals surface area (Å²) in [7, 11) is 0. The molecule has 0 saturated heterocycles. The highest BCUT2D eigenvalue weighted by Crippen LogP contribution is 2.25. The zero-order valence-electron chi connectivity index (χ0n) is 6.80. The predicted octanol–water partition coefficient (Wildman–Crippen LogP) is 1.81. The van der Waals surface area contributed by atoms with E-state index in [1.807, 2.05) is 0 Å². The van der Waals surface area contributed by atoms with Crippen LogP contribution in [-0.4, -0.2) is 11.1 Å². The molecule has 0 aromatic heterocycles. The van der Waals surface area contributed by atoms with Crippen molar-refractivity contribution in [1.82, 2.24) is 0 Å². The molecule has 6 heteroatoms. The van der Waals surface area contributed by atoms with Crippen molar-refractivity contribution in [3.63, 3.8) is 0 Å². The second kappa shape index (κ2) is 4.02. The van der Waals surface area contributed by atoms with Crippen molar-refractivity contribution < 1.29 is 18.7 Å². The van der Waals surface area contributed by atoms with Gasteiger partial charge in [-0.15, -0.1) is 0 Å². The van der Waals surface area contributed by atoms with Crippen molar-refractivity contribution in [2.45, 2.75) is 6.04 Å². The Labute approximate surface area is 86.7 Å². The molecule has 0 heterocycles. The molecule has 0 radical (unpaired) electrons. The van der Waals surface area contributed by atoms with Crippen LogP contribution in [0.5, 0.6) is 0 Å². The predicted molar refractivity (Wildman–Crippen MR) is 48.6 cm³/mol. The van der Waals surface area contributed by atoms with Gasteiger partial charge in [0.2, 0.25) is 0 Å². The number of halogens is 3. The molecule has 0 aliphatic heterocycles. The fourth-order valence-corrected chi connectivity index (χ4v) is 1.28. The largest absolute Gasteiger partial charge is 0.480 e. The third kappa shape index (κ3) is 1.91. The average Bonchev–Trinajstić information content (AvgIpc) is 2.13. The number of aliphatic carboxylic acids is 1. The van der Waals surface area contributed by atoms with E-state index in [-0.39, 0.29) is 5.56 Å². The van der Waals surface area contributed by atoms with Gasteiger partial charge in [0.05, 0.1) is 4.47 Å². The lowest BCUT2D eigenvalue weighted by Crippen LogP contribution is -2.22. The summed E-state index contributed by atoms with van der Waals surface area (Å²) in [5, 5.41) is 8.52. The molecule has 1 rings (SSSR count). The molecule has 3 N–H and O–H groups in total. The minimum absolute atomic E-state index is 0.259. The Morgan fingerprint density at radius 1 is 1.50 bits per heavy atom. The lowest BCUT2D eigenvalue weighted by Gasteiger charge is -2.09. The topological polar surface area (TPSA) is 63.3 Å². The molecule has 0 spiro atoms. The van der Waals surface area contributed by atoms with Crippen LogP contribution in [0.15, 0.2) is 16.6 Å². The van der Waals surface area contributed by atoms with Crippen LogP contribution < -0.4 is 5.73 Å². The Morgan fingerprint density at radius 3 is 2.57 bits per heavy atom. The Bertz CT molecular complexity index is 384. The summed E-state index contributed by atoms with van der Waals surface area (Å²) in [5.41, 5.74) is 4.92. The van der Waals surface area contributed by atoms with E-state index in [1.54, 1.807) is 0 Å². The summed E-state index contributed by atoms with van der Waals surface area (Å²) < 4.78 is 25.6. The number of carbonyl (C=O) groups is 1. The zero-order chi connectivity index (χ0) is 10.9. The van der Waals surface area contributed by atoms with Gasteiger partial charge in [-0.1, -0.05) is 6.07 Å². The minimum Gasteiger partial charge on any atom is -0.480 e. The lowest BCUT2D eigenvalue weighted by atomic mass is 10.1. The summed E-state index contributed by atoms with van der Waals surface area (Å²) in [5.74, 6) is -3.16. The number of benzene rings is 1. The van der Waals surface area contributed by atoms with E-state index in [0.29, 0.717) is 0 Å². The number of rotatable bonds is 2. The second-order valence-corrected chi connectivity index (χ2v) is 3.37. The fourth-order valence-electron chi connectivity index (χ4n) is 0.914. The molecule has 0 bridgehead atoms. The molecule has 0 fully saturated rings. The molecule has 0 amide bonds. The quantitative estimate of drug-likeness (QED) is 0.802. The van der Waals surface area contributed by atoms with Gasteiger partial charge in [0.15, 0.2) is 0 Å². The van der Waals surface area contributed by atoms with Gasteiger partial charge in [-0.05, 0) is 22.0 Å². The van der Waals surface area contributed by atoms with Gasteiger partial charge in [-0.3, -0.25) is 4.79 Å². The first-order valence-corrected chi connectivity index (χ1v) is 4.36. The Hall–Kier alpha value is -1.01. The first kappa shape index (κ1) is 11.1. The summed E-state index contributed by atoms with van der Waals surface area (Å²) in [4.78, 5) is 10.4. The molecule has 1 aromatic rings. The van der Waals surface area contributed by atoms with Crippen LogP contribution in [0.3, 0.4) is 0 Å². The zero-order valence-corrected chi connectivity index (χ0v) is 8.38. The maximum Gasteiger partial charge on any atom is 0.325 e. The van der Waals surface area contributed by atoms with E-state index in [4.69, 9.17) is 10.8 Å². The summed E-state index contributed by atoms with van der Waals surface area (Å²) >= 11 is 2.65. The fraction of sp³-hybridized carbons (Fsp3) is 0.125. The number of carboxylic acid groups (broad SMARTS) is 1. The van der Waals surface area contributed by atoms with Crippen LogP contribution >= 0.6 is 15.9 Å². The van der Waals surface area contributed by atoms with Gasteiger partial charge >= 0.3 is 5.97 Å². The number of hydrogen-bond donors (Lipinski definition) is 2. The van der Waals surface area contributed by atoms with Crippen LogP contribution in [0.2, 0.25) is 0 Å². The molecule has 0 aliphatic carbocycles. The van der Waals surface area contributed by atoms with Gasteiger partial charge in [-0.25, -0.2) is 8.78 Å². The molecule has 1 atom stereocenters. The van der Waals surface area contributed by atoms with Crippen molar-refractivity contribution in [2.24, 2.45) is 5.73 Å². The third-order valence-electron chi connectivity index (χ3n) is 1.67. The highest BCUT2D eigenvalue weighted by Gasteiger charge is 2.21. The third-order valence-corrected chi connectivity index (χ3v) is 2.39. The molecule has 3 nitrogen and oxygen atoms in total. The first-order chi connectivity index (χ1) is 6.45. The summed E-state index contributed by atoms with van der Waals surface area (Å²) in [6.07, 6.45) is 0. The Balaban J connectivity index is 3.24. The van der Waals surface area contributed by atoms with Crippen LogP contribution in [0.1, 0.15) is 11.6 Å². The van der Waals surface area contributed by atoms with E-state index in [0.717, 1.165) is 12.1 Å². The van der Waals surface area contributed by atoms with Crippen molar-refractivity contribution >= 4 is 21.9 Å². The molecular weight excluding hydrogens is 260 g/mol. The standard InChI is InChI=1S/C8H6BrF2NO2/c9-5-4(10)2-1-3(6(5)11)7(12)8(13)14/h1-2,7H,12H2,(H,13,14). The van der Waals surface area contributed by atoms with Crippen LogP contribution in [0, 0.1) is 11.6 Å². The number of nitrogens with two attached hydrogens (primary N) is 1. The Kier molecular flexibility index (Phi) is 3.17. The maximum absolute atomic E-state index is 13.2. The molecule has 0 aliphatic rings. The highest BCUT2D eigenvalue weighted by molar-refractivity contribution is 9.10. The highest BCUT2D eigenvalue weighted by atomic mass is 79.9. The van der Waals surface area contributed by atoms with Gasteiger partial charge in [0, 0.05) is 5.56 Å². The van der Waals surface area contributed by atoms with Crippen LogP contribution in [0.4, 0.5) is 8.78 Å². The van der Waals surface area contributed by atoms with Crippen molar-refractivity contribution in [1.29, 1.82) is 0 Å². The lowest BCUT2D eigenvalue weighted by molar-refractivity contribution is -0.138. The molecule has 76 valence electrons. The van der Waals surface area contributed by atoms with Gasteiger partial charge in [0.1, 0.15) is 17.7 Å². The van der Waals surface area contributed by atoms with Crippen molar-refractivity contribution in [3.05, 3.63) is 33.8 Å². The summed E-state index contributed by atoms with van der Waals surface area (Å²) in [6, 6.07) is 0.464. The second-order valence-electron chi connectivity index (χ2n) is 2.58. The number of hydrogen-bond acceptors (Lipinski definition) is 2. The summed E-state index contributed by atoms with van der Waals surface area (Å²) in [6.45, 7) is 0. The van der Waals surface area contributed by atoms with E-state index in [1.165, 1.54) is 0 Å². The number of carboxylic acids is 1. The Morgan fingerprint density at radius 2 is 2.07 bits per heavy atom. The first-order valence-electron chi connectivity index (χ1n) is 3.57. The average molecular weight is 266 g/mol.